The largest absolute Gasteiger partial charge is 0.457 e. The average Bonchev–Trinajstić information content (AvgIpc) is 3.37. The number of nitrogens with one attached hydrogen (secondary N) is 2. The lowest BCUT2D eigenvalue weighted by Crippen LogP contribution is -2.21. The van der Waals surface area contributed by atoms with Gasteiger partial charge in [-0.1, -0.05) is 32.9 Å². The van der Waals surface area contributed by atoms with Crippen LogP contribution in [0.4, 0.5) is 16.3 Å². The van der Waals surface area contributed by atoms with E-state index >= 15 is 0 Å². The SMILES string of the molecule is CC(C)(C)c1cc(NC(=O)Nc2ccc(Oc3ccncc3)cc2)n(-c2cccc(C(=O)CCC(O)CO)c2)n1. The molecular formula is C30H33N5O5. The Balaban J connectivity index is 1.50. The Morgan fingerprint density at radius 3 is 2.35 bits per heavy atom. The predicted octanol–water partition coefficient (Wildman–Crippen LogP) is 5.32. The van der Waals surface area contributed by atoms with Gasteiger partial charge in [0.25, 0.3) is 0 Å². The Hall–Kier alpha value is -4.54. The van der Waals surface area contributed by atoms with Crippen LogP contribution in [0.1, 0.15) is 49.7 Å². The van der Waals surface area contributed by atoms with Crippen LogP contribution in [0.25, 0.3) is 5.69 Å². The number of ketones is 1. The molecule has 2 heterocycles. The number of Topliss-reactive ketones (excluding diaryl/α,β-unsaturated/α-hetero) is 1. The highest BCUT2D eigenvalue weighted by molar-refractivity contribution is 5.99. The number of aromatic nitrogens is 3. The number of nitrogens with zero attached hydrogens (tertiary/aromatic N) is 3. The fourth-order valence-corrected chi connectivity index (χ4v) is 3.81. The van der Waals surface area contributed by atoms with Gasteiger partial charge in [-0.15, -0.1) is 0 Å². The number of hydrogen-bond acceptors (Lipinski definition) is 7. The molecule has 2 amide bonds. The number of rotatable bonds is 10. The van der Waals surface area contributed by atoms with Gasteiger partial charge in [-0.2, -0.15) is 5.10 Å². The molecule has 0 saturated carbocycles. The van der Waals surface area contributed by atoms with Crippen molar-refractivity contribution in [2.24, 2.45) is 0 Å². The average molecular weight is 544 g/mol. The van der Waals surface area contributed by atoms with E-state index in [0.717, 1.165) is 5.69 Å². The van der Waals surface area contributed by atoms with Crippen LogP contribution in [-0.2, 0) is 5.41 Å². The minimum Gasteiger partial charge on any atom is -0.457 e. The Morgan fingerprint density at radius 1 is 0.975 bits per heavy atom. The standard InChI is InChI=1S/C30H33N5O5/c1-30(2,3)27-18-28(35(34-27)22-6-4-5-20(17-22)26(38)12-9-23(37)19-36)33-29(39)32-21-7-10-24(11-8-21)40-25-13-15-31-16-14-25/h4-8,10-11,13-18,23,36-37H,9,12,19H2,1-3H3,(H2,32,33,39). The molecule has 0 radical (unpaired) electrons. The molecule has 2 aromatic heterocycles. The van der Waals surface area contributed by atoms with Crippen molar-refractivity contribution in [3.8, 4) is 17.2 Å². The Bertz CT molecular complexity index is 1450. The highest BCUT2D eigenvalue weighted by Crippen LogP contribution is 2.27. The second-order valence-electron chi connectivity index (χ2n) is 10.3. The Labute approximate surface area is 232 Å². The molecule has 0 fully saturated rings. The van der Waals surface area contributed by atoms with Gasteiger partial charge < -0.3 is 20.3 Å². The van der Waals surface area contributed by atoms with Crippen LogP contribution in [0.5, 0.6) is 11.5 Å². The van der Waals surface area contributed by atoms with Crippen LogP contribution in [0, 0.1) is 0 Å². The summed E-state index contributed by atoms with van der Waals surface area (Å²) in [6.07, 6.45) is 2.61. The van der Waals surface area contributed by atoms with Gasteiger partial charge in [-0.3, -0.25) is 15.1 Å². The van der Waals surface area contributed by atoms with Gasteiger partial charge in [-0.05, 0) is 55.0 Å². The number of aliphatic hydroxyl groups is 2. The summed E-state index contributed by atoms with van der Waals surface area (Å²) in [4.78, 5) is 29.6. The molecule has 40 heavy (non-hydrogen) atoms. The first kappa shape index (κ1) is 28.5. The summed E-state index contributed by atoms with van der Waals surface area (Å²) in [5.41, 5.74) is 2.07. The van der Waals surface area contributed by atoms with Gasteiger partial charge in [0.15, 0.2) is 5.78 Å². The first-order chi connectivity index (χ1) is 19.1. The third-order valence-corrected chi connectivity index (χ3v) is 6.05. The first-order valence-electron chi connectivity index (χ1n) is 12.9. The lowest BCUT2D eigenvalue weighted by atomic mass is 9.92. The van der Waals surface area contributed by atoms with Crippen LogP contribution >= 0.6 is 0 Å². The monoisotopic (exact) mass is 543 g/mol. The molecule has 1 atom stereocenters. The van der Waals surface area contributed by atoms with Crippen molar-refractivity contribution in [3.05, 3.63) is 90.4 Å². The van der Waals surface area contributed by atoms with Gasteiger partial charge in [0.2, 0.25) is 0 Å². The molecule has 4 rings (SSSR count). The van der Waals surface area contributed by atoms with Gasteiger partial charge in [-0.25, -0.2) is 9.48 Å². The number of benzene rings is 2. The molecule has 0 aliphatic heterocycles. The number of carbonyl (C=O) groups excluding carboxylic acids is 2. The summed E-state index contributed by atoms with van der Waals surface area (Å²) in [5, 5.41) is 29.0. The Morgan fingerprint density at radius 2 is 1.68 bits per heavy atom. The van der Waals surface area contributed by atoms with Gasteiger partial charge in [0.1, 0.15) is 17.3 Å². The number of carbonyl (C=O) groups is 2. The molecule has 4 N–H and O–H groups in total. The minimum atomic E-state index is -0.938. The zero-order chi connectivity index (χ0) is 28.7. The van der Waals surface area contributed by atoms with E-state index in [-0.39, 0.29) is 24.0 Å². The van der Waals surface area contributed by atoms with Crippen LogP contribution in [0.15, 0.2) is 79.1 Å². The van der Waals surface area contributed by atoms with Crippen LogP contribution < -0.4 is 15.4 Å². The molecule has 10 heteroatoms. The van der Waals surface area contributed by atoms with Crippen LogP contribution in [0.2, 0.25) is 0 Å². The van der Waals surface area contributed by atoms with E-state index in [1.54, 1.807) is 83.8 Å². The second-order valence-corrected chi connectivity index (χ2v) is 10.3. The van der Waals surface area contributed by atoms with Crippen molar-refractivity contribution >= 4 is 23.3 Å². The number of ether oxygens (including phenoxy) is 1. The molecule has 2 aromatic carbocycles. The summed E-state index contributed by atoms with van der Waals surface area (Å²) in [7, 11) is 0. The van der Waals surface area contributed by atoms with E-state index in [0.29, 0.717) is 34.3 Å². The molecule has 1 unspecified atom stereocenters. The van der Waals surface area contributed by atoms with Crippen molar-refractivity contribution in [1.82, 2.24) is 14.8 Å². The summed E-state index contributed by atoms with van der Waals surface area (Å²) < 4.78 is 7.35. The van der Waals surface area contributed by atoms with E-state index in [2.05, 4.69) is 15.6 Å². The highest BCUT2D eigenvalue weighted by Gasteiger charge is 2.22. The minimum absolute atomic E-state index is 0.0947. The van der Waals surface area contributed by atoms with E-state index in [9.17, 15) is 14.7 Å². The highest BCUT2D eigenvalue weighted by atomic mass is 16.5. The molecule has 0 bridgehead atoms. The molecule has 0 spiro atoms. The van der Waals surface area contributed by atoms with Gasteiger partial charge >= 0.3 is 6.03 Å². The maximum Gasteiger partial charge on any atom is 0.324 e. The van der Waals surface area contributed by atoms with Crippen molar-refractivity contribution < 1.29 is 24.5 Å². The van der Waals surface area contributed by atoms with E-state index in [4.69, 9.17) is 14.9 Å². The Kier molecular flexibility index (Phi) is 8.93. The van der Waals surface area contributed by atoms with Crippen LogP contribution in [-0.4, -0.2) is 49.5 Å². The number of anilines is 2. The third-order valence-electron chi connectivity index (χ3n) is 6.05. The van der Waals surface area contributed by atoms with E-state index in [1.807, 2.05) is 20.8 Å². The number of hydrogen-bond donors (Lipinski definition) is 4. The lowest BCUT2D eigenvalue weighted by Gasteiger charge is -2.14. The number of aliphatic hydroxyl groups excluding tert-OH is 2. The molecule has 10 nitrogen and oxygen atoms in total. The van der Waals surface area contributed by atoms with Gasteiger partial charge in [0.05, 0.1) is 24.1 Å². The van der Waals surface area contributed by atoms with Crippen molar-refractivity contribution in [3.63, 3.8) is 0 Å². The molecule has 0 saturated heterocycles. The number of urea groups is 1. The quantitative estimate of drug-likeness (QED) is 0.199. The smallest absolute Gasteiger partial charge is 0.324 e. The number of amides is 2. The first-order valence-corrected chi connectivity index (χ1v) is 12.9. The molecule has 0 aliphatic rings. The van der Waals surface area contributed by atoms with E-state index < -0.39 is 18.7 Å². The topological polar surface area (TPSA) is 139 Å². The summed E-state index contributed by atoms with van der Waals surface area (Å²) in [6.45, 7) is 5.67. The zero-order valence-corrected chi connectivity index (χ0v) is 22.7. The zero-order valence-electron chi connectivity index (χ0n) is 22.7. The maximum absolute atomic E-state index is 13.0. The summed E-state index contributed by atoms with van der Waals surface area (Å²) in [6, 6.07) is 18.7. The second kappa shape index (κ2) is 12.5. The van der Waals surface area contributed by atoms with Gasteiger partial charge in [0, 0.05) is 41.5 Å². The molecule has 4 aromatic rings. The molecule has 208 valence electrons. The van der Waals surface area contributed by atoms with E-state index in [1.165, 1.54) is 0 Å². The molecule has 0 aliphatic carbocycles. The maximum atomic E-state index is 13.0. The fraction of sp³-hybridized carbons (Fsp3) is 0.267. The van der Waals surface area contributed by atoms with Crippen LogP contribution in [0.3, 0.4) is 0 Å². The molecular weight excluding hydrogens is 510 g/mol. The summed E-state index contributed by atoms with van der Waals surface area (Å²) in [5.74, 6) is 1.54. The third kappa shape index (κ3) is 7.52. The number of pyridine rings is 1. The fourth-order valence-electron chi connectivity index (χ4n) is 3.81. The van der Waals surface area contributed by atoms with Crippen molar-refractivity contribution in [2.75, 3.05) is 17.2 Å². The summed E-state index contributed by atoms with van der Waals surface area (Å²) >= 11 is 0. The predicted molar refractivity (Wildman–Crippen MR) is 152 cm³/mol. The van der Waals surface area contributed by atoms with Crippen molar-refractivity contribution in [2.45, 2.75) is 45.1 Å². The van der Waals surface area contributed by atoms with Crippen molar-refractivity contribution in [1.29, 1.82) is 0 Å². The lowest BCUT2D eigenvalue weighted by molar-refractivity contribution is 0.0779. The normalized spacial score (nSPS) is 12.0.